The monoisotopic (exact) mass is 295 g/mol. The Hall–Kier alpha value is -1.37. The lowest BCUT2D eigenvalue weighted by Gasteiger charge is -2.04. The van der Waals surface area contributed by atoms with E-state index in [0.29, 0.717) is 13.0 Å². The van der Waals surface area contributed by atoms with Crippen LogP contribution in [0.2, 0.25) is 0 Å². The van der Waals surface area contributed by atoms with Gasteiger partial charge in [0.05, 0.1) is 6.26 Å². The van der Waals surface area contributed by atoms with Crippen LogP contribution in [0.15, 0.2) is 24.4 Å². The Balaban J connectivity index is 2.11. The topological polar surface area (TPSA) is 74.0 Å². The highest BCUT2D eigenvalue weighted by atomic mass is 32.2. The summed E-state index contributed by atoms with van der Waals surface area (Å²) >= 11 is 0. The number of H-pyrrole nitrogens is 1. The molecule has 1 aromatic heterocycles. The van der Waals surface area contributed by atoms with Gasteiger partial charge in [0.15, 0.2) is 0 Å². The summed E-state index contributed by atoms with van der Waals surface area (Å²) in [6.07, 6.45) is 4.89. The molecule has 0 aliphatic carbocycles. The molecule has 0 spiro atoms. The minimum atomic E-state index is -3.11. The highest BCUT2D eigenvalue weighted by Crippen LogP contribution is 2.20. The quantitative estimate of drug-likeness (QED) is 0.714. The third-order valence-corrected chi connectivity index (χ3v) is 3.98. The maximum atomic E-state index is 11.0. The Labute approximate surface area is 119 Å². The zero-order valence-corrected chi connectivity index (χ0v) is 12.7. The van der Waals surface area contributed by atoms with Gasteiger partial charge in [-0.1, -0.05) is 6.07 Å². The molecule has 6 heteroatoms. The Bertz CT molecular complexity index is 677. The number of nitrogens with one attached hydrogen (secondary N) is 3. The lowest BCUT2D eigenvalue weighted by atomic mass is 10.1. The van der Waals surface area contributed by atoms with Crippen LogP contribution in [0.25, 0.3) is 10.9 Å². The molecule has 0 radical (unpaired) electrons. The lowest BCUT2D eigenvalue weighted by molar-refractivity contribution is 0.588. The molecule has 3 N–H and O–H groups in total. The van der Waals surface area contributed by atoms with Crippen molar-refractivity contribution in [1.29, 1.82) is 0 Å². The molecular formula is C14H21N3O2S. The summed E-state index contributed by atoms with van der Waals surface area (Å²) in [5.74, 6) is 0. The zero-order valence-electron chi connectivity index (χ0n) is 11.9. The molecule has 0 fully saturated rings. The van der Waals surface area contributed by atoms with Crippen molar-refractivity contribution in [2.75, 3.05) is 26.4 Å². The molecule has 0 atom stereocenters. The van der Waals surface area contributed by atoms with Gasteiger partial charge in [0.2, 0.25) is 10.0 Å². The van der Waals surface area contributed by atoms with Gasteiger partial charge >= 0.3 is 0 Å². The number of aromatic nitrogens is 1. The second kappa shape index (κ2) is 6.39. The average Bonchev–Trinajstić information content (AvgIpc) is 2.77. The molecule has 0 saturated carbocycles. The third kappa shape index (κ3) is 4.06. The second-order valence-corrected chi connectivity index (χ2v) is 6.80. The third-order valence-electron chi connectivity index (χ3n) is 3.25. The molecule has 1 aromatic carbocycles. The van der Waals surface area contributed by atoms with E-state index < -0.39 is 10.0 Å². The molecule has 2 aromatic rings. The summed E-state index contributed by atoms with van der Waals surface area (Å²) in [7, 11) is -1.17. The van der Waals surface area contributed by atoms with Crippen LogP contribution in [0.4, 0.5) is 0 Å². The molecule has 0 saturated heterocycles. The van der Waals surface area contributed by atoms with Gasteiger partial charge < -0.3 is 10.3 Å². The number of fused-ring (bicyclic) bond motifs is 1. The summed E-state index contributed by atoms with van der Waals surface area (Å²) < 4.78 is 24.6. The Kier molecular flexibility index (Phi) is 4.80. The number of hydrogen-bond donors (Lipinski definition) is 3. The van der Waals surface area contributed by atoms with E-state index in [9.17, 15) is 8.42 Å². The van der Waals surface area contributed by atoms with E-state index in [1.54, 1.807) is 0 Å². The van der Waals surface area contributed by atoms with Gasteiger partial charge in [0.25, 0.3) is 0 Å². The summed E-state index contributed by atoms with van der Waals surface area (Å²) in [5.41, 5.74) is 3.54. The molecular weight excluding hydrogens is 274 g/mol. The fourth-order valence-electron chi connectivity index (χ4n) is 2.23. The number of rotatable bonds is 7. The van der Waals surface area contributed by atoms with Crippen LogP contribution >= 0.6 is 0 Å². The van der Waals surface area contributed by atoms with Crippen molar-refractivity contribution in [3.8, 4) is 0 Å². The fraction of sp³-hybridized carbons (Fsp3) is 0.429. The van der Waals surface area contributed by atoms with Gasteiger partial charge in [-0.15, -0.1) is 0 Å². The molecule has 0 bridgehead atoms. The van der Waals surface area contributed by atoms with E-state index in [1.807, 2.05) is 25.4 Å². The number of hydrogen-bond acceptors (Lipinski definition) is 3. The summed E-state index contributed by atoms with van der Waals surface area (Å²) in [5, 5.41) is 4.37. The van der Waals surface area contributed by atoms with Crippen molar-refractivity contribution in [2.45, 2.75) is 12.8 Å². The van der Waals surface area contributed by atoms with Crippen molar-refractivity contribution in [2.24, 2.45) is 0 Å². The van der Waals surface area contributed by atoms with E-state index in [0.717, 1.165) is 24.0 Å². The molecule has 1 heterocycles. The number of sulfonamides is 1. The van der Waals surface area contributed by atoms with Crippen LogP contribution in [0.3, 0.4) is 0 Å². The van der Waals surface area contributed by atoms with Gasteiger partial charge in [0, 0.05) is 23.6 Å². The Morgan fingerprint density at radius 1 is 1.20 bits per heavy atom. The highest BCUT2D eigenvalue weighted by Gasteiger charge is 2.05. The van der Waals surface area contributed by atoms with Crippen LogP contribution in [0.5, 0.6) is 0 Å². The van der Waals surface area contributed by atoms with Crippen molar-refractivity contribution >= 4 is 20.9 Å². The predicted octanol–water partition coefficient (Wildman–Crippen LogP) is 1.02. The minimum absolute atomic E-state index is 0.431. The first kappa shape index (κ1) is 15.0. The number of benzene rings is 1. The van der Waals surface area contributed by atoms with Gasteiger partial charge in [-0.2, -0.15) is 0 Å². The standard InChI is InChI=1S/C14H21N3O2S/c1-15-7-6-12-10-16-14-4-3-11(9-13(12)14)5-8-17-20(2,18)19/h3-4,9-10,15-17H,5-8H2,1-2H3. The molecule has 20 heavy (non-hydrogen) atoms. The Morgan fingerprint density at radius 2 is 2.00 bits per heavy atom. The summed E-state index contributed by atoms with van der Waals surface area (Å²) in [4.78, 5) is 3.27. The number of aromatic amines is 1. The Morgan fingerprint density at radius 3 is 2.70 bits per heavy atom. The SMILES string of the molecule is CNCCc1c[nH]c2ccc(CCNS(C)(=O)=O)cc12. The van der Waals surface area contributed by atoms with Crippen molar-refractivity contribution in [3.05, 3.63) is 35.5 Å². The van der Waals surface area contributed by atoms with Crippen molar-refractivity contribution in [3.63, 3.8) is 0 Å². The van der Waals surface area contributed by atoms with Crippen molar-refractivity contribution in [1.82, 2.24) is 15.0 Å². The number of likely N-dealkylation sites (N-methyl/N-ethyl adjacent to an activating group) is 1. The molecule has 0 amide bonds. The van der Waals surface area contributed by atoms with Crippen LogP contribution in [-0.2, 0) is 22.9 Å². The van der Waals surface area contributed by atoms with E-state index in [-0.39, 0.29) is 0 Å². The minimum Gasteiger partial charge on any atom is -0.361 e. The molecule has 0 unspecified atom stereocenters. The van der Waals surface area contributed by atoms with Gasteiger partial charge in [-0.3, -0.25) is 0 Å². The first-order chi connectivity index (χ1) is 9.49. The first-order valence-electron chi connectivity index (χ1n) is 6.68. The van der Waals surface area contributed by atoms with Crippen molar-refractivity contribution < 1.29 is 8.42 Å². The molecule has 5 nitrogen and oxygen atoms in total. The smallest absolute Gasteiger partial charge is 0.208 e. The van der Waals surface area contributed by atoms with Crippen LogP contribution in [-0.4, -0.2) is 39.8 Å². The van der Waals surface area contributed by atoms with Crippen LogP contribution < -0.4 is 10.0 Å². The normalized spacial score (nSPS) is 12.1. The predicted molar refractivity (Wildman–Crippen MR) is 82.5 cm³/mol. The maximum Gasteiger partial charge on any atom is 0.208 e. The highest BCUT2D eigenvalue weighted by molar-refractivity contribution is 7.88. The summed E-state index contributed by atoms with van der Waals surface area (Å²) in [6, 6.07) is 6.22. The van der Waals surface area contributed by atoms with E-state index >= 15 is 0 Å². The first-order valence-corrected chi connectivity index (χ1v) is 8.57. The largest absolute Gasteiger partial charge is 0.361 e. The van der Waals surface area contributed by atoms with E-state index in [4.69, 9.17) is 0 Å². The molecule has 0 aliphatic rings. The molecule has 2 rings (SSSR count). The molecule has 110 valence electrons. The van der Waals surface area contributed by atoms with E-state index in [1.165, 1.54) is 17.2 Å². The zero-order chi connectivity index (χ0) is 14.6. The lowest BCUT2D eigenvalue weighted by Crippen LogP contribution is -2.24. The maximum absolute atomic E-state index is 11.0. The molecule has 0 aliphatic heterocycles. The summed E-state index contributed by atoms with van der Waals surface area (Å²) in [6.45, 7) is 1.37. The van der Waals surface area contributed by atoms with Gasteiger partial charge in [-0.05, 0) is 49.7 Å². The fourth-order valence-corrected chi connectivity index (χ4v) is 2.70. The van der Waals surface area contributed by atoms with Crippen LogP contribution in [0.1, 0.15) is 11.1 Å². The van der Waals surface area contributed by atoms with Gasteiger partial charge in [-0.25, -0.2) is 13.1 Å². The van der Waals surface area contributed by atoms with Gasteiger partial charge in [0.1, 0.15) is 0 Å². The van der Waals surface area contributed by atoms with Crippen LogP contribution in [0, 0.1) is 0 Å². The second-order valence-electron chi connectivity index (χ2n) is 4.96. The average molecular weight is 295 g/mol. The van der Waals surface area contributed by atoms with E-state index in [2.05, 4.69) is 21.1 Å².